The molecule has 3 rings (SSSR count). The molecule has 27 heavy (non-hydrogen) atoms. The zero-order valence-corrected chi connectivity index (χ0v) is 16.1. The monoisotopic (exact) mass is 369 g/mol. The number of benzene rings is 2. The van der Waals surface area contributed by atoms with E-state index < -0.39 is 0 Å². The maximum Gasteiger partial charge on any atom is 0.237 e. The van der Waals surface area contributed by atoms with Gasteiger partial charge in [-0.2, -0.15) is 0 Å². The third-order valence-corrected chi connectivity index (χ3v) is 5.24. The summed E-state index contributed by atoms with van der Waals surface area (Å²) in [6.07, 6.45) is 0.979. The molecule has 0 spiro atoms. The van der Waals surface area contributed by atoms with Gasteiger partial charge in [-0.1, -0.05) is 29.8 Å². The molecule has 0 saturated carbocycles. The first-order valence-corrected chi connectivity index (χ1v) is 9.61. The van der Waals surface area contributed by atoms with Gasteiger partial charge in [0.05, 0.1) is 6.04 Å². The summed E-state index contributed by atoms with van der Waals surface area (Å²) in [5, 5.41) is 3.05. The van der Waals surface area contributed by atoms with E-state index >= 15 is 0 Å². The molecule has 0 radical (unpaired) electrons. The first-order valence-electron chi connectivity index (χ1n) is 9.61. The number of halogens is 1. The van der Waals surface area contributed by atoms with E-state index in [4.69, 9.17) is 0 Å². The van der Waals surface area contributed by atoms with Gasteiger partial charge in [0.2, 0.25) is 5.91 Å². The molecule has 144 valence electrons. The Morgan fingerprint density at radius 1 is 1.04 bits per heavy atom. The molecule has 1 amide bonds. The lowest BCUT2D eigenvalue weighted by Gasteiger charge is -2.27. The molecule has 0 aromatic heterocycles. The number of hydrogen-bond donors (Lipinski definition) is 1. The van der Waals surface area contributed by atoms with Gasteiger partial charge in [0.1, 0.15) is 5.82 Å². The summed E-state index contributed by atoms with van der Waals surface area (Å²) in [5.74, 6) is -0.153. The van der Waals surface area contributed by atoms with E-state index in [2.05, 4.69) is 34.2 Å². The molecule has 1 fully saturated rings. The number of aryl methyl sites for hydroxylation is 1. The van der Waals surface area contributed by atoms with Gasteiger partial charge in [-0.05, 0) is 50.1 Å². The Labute approximate surface area is 161 Å². The first-order chi connectivity index (χ1) is 13.0. The average molecular weight is 369 g/mol. The normalized spacial score (nSPS) is 16.6. The molecule has 4 nitrogen and oxygen atoms in total. The summed E-state index contributed by atoms with van der Waals surface area (Å²) in [4.78, 5) is 17.1. The first kappa shape index (κ1) is 19.4. The summed E-state index contributed by atoms with van der Waals surface area (Å²) < 4.78 is 13.1. The fourth-order valence-electron chi connectivity index (χ4n) is 3.44. The molecule has 1 N–H and O–H groups in total. The summed E-state index contributed by atoms with van der Waals surface area (Å²) in [7, 11) is 0. The number of hydrogen-bond acceptors (Lipinski definition) is 3. The number of nitrogens with zero attached hydrogens (tertiary/aromatic N) is 2. The Bertz CT molecular complexity index is 745. The van der Waals surface area contributed by atoms with E-state index in [0.717, 1.165) is 43.9 Å². The molecule has 2 aromatic carbocycles. The van der Waals surface area contributed by atoms with Crippen LogP contribution in [0.25, 0.3) is 0 Å². The number of carbonyl (C=O) groups is 1. The second-order valence-corrected chi connectivity index (χ2v) is 7.23. The van der Waals surface area contributed by atoms with Crippen molar-refractivity contribution in [2.45, 2.75) is 32.9 Å². The molecule has 0 aliphatic carbocycles. The second-order valence-electron chi connectivity index (χ2n) is 7.23. The topological polar surface area (TPSA) is 35.6 Å². The van der Waals surface area contributed by atoms with Crippen LogP contribution >= 0.6 is 0 Å². The van der Waals surface area contributed by atoms with E-state index in [-0.39, 0.29) is 17.8 Å². The van der Waals surface area contributed by atoms with Gasteiger partial charge >= 0.3 is 0 Å². The van der Waals surface area contributed by atoms with Crippen molar-refractivity contribution in [2.75, 3.05) is 31.1 Å². The molecule has 2 aromatic rings. The molecule has 1 saturated heterocycles. The third-order valence-electron chi connectivity index (χ3n) is 5.24. The standard InChI is InChI=1S/C22H28FN3O/c1-17-4-6-19(7-5-17)16-24-22(27)18(2)25-12-3-13-26(15-14-25)21-10-8-20(23)9-11-21/h4-11,18H,3,12-16H2,1-2H3,(H,24,27). The van der Waals surface area contributed by atoms with Crippen LogP contribution in [0.1, 0.15) is 24.5 Å². The minimum absolute atomic E-state index is 0.0609. The molecule has 1 aliphatic heterocycles. The van der Waals surface area contributed by atoms with Gasteiger partial charge < -0.3 is 10.2 Å². The van der Waals surface area contributed by atoms with Crippen LogP contribution in [0.4, 0.5) is 10.1 Å². The maximum atomic E-state index is 13.1. The summed E-state index contributed by atoms with van der Waals surface area (Å²) in [6.45, 7) is 8.03. The highest BCUT2D eigenvalue weighted by molar-refractivity contribution is 5.81. The zero-order chi connectivity index (χ0) is 19.2. The third kappa shape index (κ3) is 5.30. The van der Waals surface area contributed by atoms with Crippen molar-refractivity contribution >= 4 is 11.6 Å². The summed E-state index contributed by atoms with van der Waals surface area (Å²) in [5.41, 5.74) is 3.36. The SMILES string of the molecule is Cc1ccc(CNC(=O)C(C)N2CCCN(c3ccc(F)cc3)CC2)cc1. The number of amides is 1. The van der Waals surface area contributed by atoms with Crippen molar-refractivity contribution in [3.05, 3.63) is 65.5 Å². The lowest BCUT2D eigenvalue weighted by molar-refractivity contribution is -0.126. The van der Waals surface area contributed by atoms with Gasteiger partial charge in [0.25, 0.3) is 0 Å². The highest BCUT2D eigenvalue weighted by atomic mass is 19.1. The Hall–Kier alpha value is -2.40. The summed E-state index contributed by atoms with van der Waals surface area (Å²) in [6, 6.07) is 14.7. The molecular formula is C22H28FN3O. The fraction of sp³-hybridized carbons (Fsp3) is 0.409. The largest absolute Gasteiger partial charge is 0.370 e. The number of anilines is 1. The molecule has 1 aliphatic rings. The lowest BCUT2D eigenvalue weighted by Crippen LogP contribution is -2.46. The van der Waals surface area contributed by atoms with Crippen LogP contribution in [0.2, 0.25) is 0 Å². The highest BCUT2D eigenvalue weighted by Gasteiger charge is 2.24. The predicted octanol–water partition coefficient (Wildman–Crippen LogP) is 3.35. The van der Waals surface area contributed by atoms with Crippen LogP contribution < -0.4 is 10.2 Å². The van der Waals surface area contributed by atoms with Gasteiger partial charge in [-0.3, -0.25) is 9.69 Å². The fourth-order valence-corrected chi connectivity index (χ4v) is 3.44. The van der Waals surface area contributed by atoms with E-state index in [1.165, 1.54) is 17.7 Å². The van der Waals surface area contributed by atoms with Gasteiger partial charge in [-0.25, -0.2) is 4.39 Å². The molecular weight excluding hydrogens is 341 g/mol. The Kier molecular flexibility index (Phi) is 6.45. The van der Waals surface area contributed by atoms with Crippen molar-refractivity contribution in [2.24, 2.45) is 0 Å². The van der Waals surface area contributed by atoms with Crippen LogP contribution in [0.15, 0.2) is 48.5 Å². The van der Waals surface area contributed by atoms with Crippen molar-refractivity contribution in [3.63, 3.8) is 0 Å². The minimum Gasteiger partial charge on any atom is -0.370 e. The van der Waals surface area contributed by atoms with Gasteiger partial charge in [-0.15, -0.1) is 0 Å². The second kappa shape index (κ2) is 9.00. The molecule has 0 bridgehead atoms. The van der Waals surface area contributed by atoms with Crippen molar-refractivity contribution in [3.8, 4) is 0 Å². The van der Waals surface area contributed by atoms with Gasteiger partial charge in [0, 0.05) is 38.4 Å². The number of rotatable bonds is 5. The predicted molar refractivity (Wildman–Crippen MR) is 107 cm³/mol. The minimum atomic E-state index is -0.214. The smallest absolute Gasteiger partial charge is 0.237 e. The average Bonchev–Trinajstić information content (AvgIpc) is 2.93. The van der Waals surface area contributed by atoms with E-state index in [0.29, 0.717) is 6.54 Å². The zero-order valence-electron chi connectivity index (χ0n) is 16.1. The van der Waals surface area contributed by atoms with E-state index in [9.17, 15) is 9.18 Å². The Morgan fingerprint density at radius 2 is 1.74 bits per heavy atom. The quantitative estimate of drug-likeness (QED) is 0.878. The Balaban J connectivity index is 1.52. The van der Waals surface area contributed by atoms with Crippen LogP contribution in [0.3, 0.4) is 0 Å². The van der Waals surface area contributed by atoms with Crippen LogP contribution in [0.5, 0.6) is 0 Å². The van der Waals surface area contributed by atoms with Crippen LogP contribution in [-0.4, -0.2) is 43.0 Å². The van der Waals surface area contributed by atoms with E-state index in [1.807, 2.05) is 31.2 Å². The summed E-state index contributed by atoms with van der Waals surface area (Å²) >= 11 is 0. The van der Waals surface area contributed by atoms with E-state index in [1.54, 1.807) is 0 Å². The Morgan fingerprint density at radius 3 is 2.44 bits per heavy atom. The molecule has 1 unspecified atom stereocenters. The molecule has 1 heterocycles. The van der Waals surface area contributed by atoms with Crippen LogP contribution in [0, 0.1) is 12.7 Å². The number of nitrogens with one attached hydrogen (secondary N) is 1. The van der Waals surface area contributed by atoms with Gasteiger partial charge in [0.15, 0.2) is 0 Å². The highest BCUT2D eigenvalue weighted by Crippen LogP contribution is 2.18. The maximum absolute atomic E-state index is 13.1. The molecule has 5 heteroatoms. The molecule has 1 atom stereocenters. The van der Waals surface area contributed by atoms with Crippen molar-refractivity contribution in [1.29, 1.82) is 0 Å². The number of carbonyl (C=O) groups excluding carboxylic acids is 1. The van der Waals surface area contributed by atoms with Crippen molar-refractivity contribution in [1.82, 2.24) is 10.2 Å². The van der Waals surface area contributed by atoms with Crippen LogP contribution in [-0.2, 0) is 11.3 Å². The van der Waals surface area contributed by atoms with Crippen molar-refractivity contribution < 1.29 is 9.18 Å². The lowest BCUT2D eigenvalue weighted by atomic mass is 10.1.